The molecule has 0 aromatic carbocycles. The van der Waals surface area contributed by atoms with Gasteiger partial charge in [-0.15, -0.1) is 0 Å². The summed E-state index contributed by atoms with van der Waals surface area (Å²) in [5.41, 5.74) is 1.41. The van der Waals surface area contributed by atoms with Gasteiger partial charge in [0.15, 0.2) is 0 Å². The lowest BCUT2D eigenvalue weighted by Gasteiger charge is -2.38. The molecule has 1 aliphatic heterocycles. The number of aliphatic hydroxyl groups is 1. The second kappa shape index (κ2) is 4.77. The zero-order valence-corrected chi connectivity index (χ0v) is 8.95. The third-order valence-corrected chi connectivity index (χ3v) is 3.15. The lowest BCUT2D eigenvalue weighted by atomic mass is 9.87. The molecule has 1 aliphatic rings. The molecule has 1 N–H and O–H groups in total. The van der Waals surface area contributed by atoms with Crippen LogP contribution in [-0.2, 0) is 0 Å². The van der Waals surface area contributed by atoms with Crippen LogP contribution in [0.3, 0.4) is 0 Å². The summed E-state index contributed by atoms with van der Waals surface area (Å²) in [5.74, 6) is 0.777. The summed E-state index contributed by atoms with van der Waals surface area (Å²) in [4.78, 5) is 2.27. The summed E-state index contributed by atoms with van der Waals surface area (Å²) in [6.07, 6.45) is 4.57. The SMILES string of the molecule is C/C=C1\CC(CC)CN(C)C1CO. The van der Waals surface area contributed by atoms with Crippen molar-refractivity contribution >= 4 is 0 Å². The summed E-state index contributed by atoms with van der Waals surface area (Å²) < 4.78 is 0. The Balaban J connectivity index is 2.69. The van der Waals surface area contributed by atoms with Crippen molar-refractivity contribution in [3.8, 4) is 0 Å². The van der Waals surface area contributed by atoms with E-state index in [-0.39, 0.29) is 12.6 Å². The van der Waals surface area contributed by atoms with Crippen LogP contribution in [0.1, 0.15) is 26.7 Å². The number of rotatable bonds is 2. The Morgan fingerprint density at radius 1 is 1.62 bits per heavy atom. The van der Waals surface area contributed by atoms with E-state index in [1.165, 1.54) is 18.4 Å². The molecule has 2 nitrogen and oxygen atoms in total. The summed E-state index contributed by atoms with van der Waals surface area (Å²) in [6.45, 7) is 5.70. The van der Waals surface area contributed by atoms with Crippen molar-refractivity contribution in [3.05, 3.63) is 11.6 Å². The van der Waals surface area contributed by atoms with E-state index in [1.54, 1.807) is 0 Å². The van der Waals surface area contributed by atoms with E-state index in [2.05, 4.69) is 31.9 Å². The maximum absolute atomic E-state index is 9.24. The van der Waals surface area contributed by atoms with Gasteiger partial charge in [-0.1, -0.05) is 25.0 Å². The first-order valence-electron chi connectivity index (χ1n) is 5.19. The number of nitrogens with zero attached hydrogens (tertiary/aromatic N) is 1. The summed E-state index contributed by atoms with van der Waals surface area (Å²) in [7, 11) is 2.10. The van der Waals surface area contributed by atoms with E-state index in [0.29, 0.717) is 0 Å². The molecule has 0 aliphatic carbocycles. The maximum Gasteiger partial charge on any atom is 0.0625 e. The average molecular weight is 183 g/mol. The largest absolute Gasteiger partial charge is 0.394 e. The highest BCUT2D eigenvalue weighted by Crippen LogP contribution is 2.27. The van der Waals surface area contributed by atoms with Crippen molar-refractivity contribution < 1.29 is 5.11 Å². The molecule has 2 unspecified atom stereocenters. The monoisotopic (exact) mass is 183 g/mol. The molecular formula is C11H21NO. The Labute approximate surface area is 81.2 Å². The summed E-state index contributed by atoms with van der Waals surface area (Å²) in [5, 5.41) is 9.24. The van der Waals surface area contributed by atoms with E-state index < -0.39 is 0 Å². The van der Waals surface area contributed by atoms with E-state index in [9.17, 15) is 5.11 Å². The Kier molecular flexibility index (Phi) is 3.94. The van der Waals surface area contributed by atoms with E-state index >= 15 is 0 Å². The zero-order valence-electron chi connectivity index (χ0n) is 8.95. The molecule has 13 heavy (non-hydrogen) atoms. The molecule has 0 saturated carbocycles. The minimum atomic E-state index is 0.257. The molecule has 76 valence electrons. The number of likely N-dealkylation sites (tertiary alicyclic amines) is 1. The van der Waals surface area contributed by atoms with Crippen LogP contribution in [0, 0.1) is 5.92 Å². The maximum atomic E-state index is 9.24. The van der Waals surface area contributed by atoms with Gasteiger partial charge in [0.1, 0.15) is 0 Å². The third kappa shape index (κ3) is 2.32. The van der Waals surface area contributed by atoms with Crippen LogP contribution in [0.15, 0.2) is 11.6 Å². The molecule has 2 heteroatoms. The van der Waals surface area contributed by atoms with Crippen LogP contribution >= 0.6 is 0 Å². The van der Waals surface area contributed by atoms with Crippen molar-refractivity contribution in [3.63, 3.8) is 0 Å². The van der Waals surface area contributed by atoms with Gasteiger partial charge in [0, 0.05) is 6.54 Å². The molecule has 0 aromatic heterocycles. The van der Waals surface area contributed by atoms with Gasteiger partial charge in [-0.25, -0.2) is 0 Å². The first-order valence-corrected chi connectivity index (χ1v) is 5.19. The number of allylic oxidation sites excluding steroid dienone is 1. The normalized spacial score (nSPS) is 34.0. The predicted molar refractivity (Wildman–Crippen MR) is 55.7 cm³/mol. The minimum absolute atomic E-state index is 0.257. The van der Waals surface area contributed by atoms with E-state index in [1.807, 2.05) is 0 Å². The molecule has 1 fully saturated rings. The van der Waals surface area contributed by atoms with Gasteiger partial charge in [-0.05, 0) is 26.3 Å². The molecule has 0 spiro atoms. The molecule has 1 rings (SSSR count). The van der Waals surface area contributed by atoms with Crippen LogP contribution in [-0.4, -0.2) is 36.2 Å². The smallest absolute Gasteiger partial charge is 0.0625 e. The fourth-order valence-electron chi connectivity index (χ4n) is 2.19. The Bertz CT molecular complexity index is 189. The molecule has 0 bridgehead atoms. The number of piperidine rings is 1. The number of aliphatic hydroxyl groups excluding tert-OH is 1. The van der Waals surface area contributed by atoms with Gasteiger partial charge >= 0.3 is 0 Å². The number of likely N-dealkylation sites (N-methyl/N-ethyl adjacent to an activating group) is 1. The van der Waals surface area contributed by atoms with E-state index in [4.69, 9.17) is 0 Å². The van der Waals surface area contributed by atoms with Crippen LogP contribution in [0.5, 0.6) is 0 Å². The second-order valence-corrected chi connectivity index (χ2v) is 3.98. The summed E-state index contributed by atoms with van der Waals surface area (Å²) >= 11 is 0. The number of hydrogen-bond donors (Lipinski definition) is 1. The Hall–Kier alpha value is -0.340. The van der Waals surface area contributed by atoms with Gasteiger partial charge < -0.3 is 5.11 Å². The van der Waals surface area contributed by atoms with Crippen LogP contribution in [0.25, 0.3) is 0 Å². The van der Waals surface area contributed by atoms with Gasteiger partial charge in [0.25, 0.3) is 0 Å². The summed E-state index contributed by atoms with van der Waals surface area (Å²) in [6, 6.07) is 0.271. The van der Waals surface area contributed by atoms with Crippen LogP contribution in [0.4, 0.5) is 0 Å². The molecule has 0 amide bonds. The lowest BCUT2D eigenvalue weighted by Crippen LogP contribution is -2.44. The first-order chi connectivity index (χ1) is 6.22. The third-order valence-electron chi connectivity index (χ3n) is 3.15. The van der Waals surface area contributed by atoms with Crippen molar-refractivity contribution in [1.82, 2.24) is 4.90 Å². The van der Waals surface area contributed by atoms with Crippen LogP contribution < -0.4 is 0 Å². The first kappa shape index (κ1) is 10.7. The highest BCUT2D eigenvalue weighted by Gasteiger charge is 2.27. The van der Waals surface area contributed by atoms with Crippen molar-refractivity contribution in [1.29, 1.82) is 0 Å². The van der Waals surface area contributed by atoms with Gasteiger partial charge in [0.2, 0.25) is 0 Å². The second-order valence-electron chi connectivity index (χ2n) is 3.98. The molecule has 1 heterocycles. The van der Waals surface area contributed by atoms with Crippen molar-refractivity contribution in [2.45, 2.75) is 32.7 Å². The molecular weight excluding hydrogens is 162 g/mol. The van der Waals surface area contributed by atoms with E-state index in [0.717, 1.165) is 12.5 Å². The quantitative estimate of drug-likeness (QED) is 0.658. The predicted octanol–water partition coefficient (Wildman–Crippen LogP) is 1.66. The van der Waals surface area contributed by atoms with Gasteiger partial charge in [0.05, 0.1) is 12.6 Å². The van der Waals surface area contributed by atoms with Gasteiger partial charge in [-0.2, -0.15) is 0 Å². The molecule has 0 aromatic rings. The number of hydrogen-bond acceptors (Lipinski definition) is 2. The Morgan fingerprint density at radius 3 is 2.77 bits per heavy atom. The minimum Gasteiger partial charge on any atom is -0.394 e. The highest BCUT2D eigenvalue weighted by molar-refractivity contribution is 5.14. The van der Waals surface area contributed by atoms with Crippen LogP contribution in [0.2, 0.25) is 0 Å². The standard InChI is InChI=1S/C11H21NO/c1-4-9-6-10(5-2)11(8-13)12(3)7-9/h5,9,11,13H,4,6-8H2,1-3H3/b10-5+. The van der Waals surface area contributed by atoms with Crippen molar-refractivity contribution in [2.75, 3.05) is 20.2 Å². The van der Waals surface area contributed by atoms with Crippen molar-refractivity contribution in [2.24, 2.45) is 5.92 Å². The lowest BCUT2D eigenvalue weighted by molar-refractivity contribution is 0.123. The molecule has 2 atom stereocenters. The topological polar surface area (TPSA) is 23.5 Å². The average Bonchev–Trinajstić information content (AvgIpc) is 2.16. The van der Waals surface area contributed by atoms with Gasteiger partial charge in [-0.3, -0.25) is 4.90 Å². The molecule has 1 saturated heterocycles. The fraction of sp³-hybridized carbons (Fsp3) is 0.818. The molecule has 0 radical (unpaired) electrons. The Morgan fingerprint density at radius 2 is 2.31 bits per heavy atom. The fourth-order valence-corrected chi connectivity index (χ4v) is 2.19. The zero-order chi connectivity index (χ0) is 9.84. The highest BCUT2D eigenvalue weighted by atomic mass is 16.3.